The number of rotatable bonds is 7. The van der Waals surface area contributed by atoms with Crippen molar-refractivity contribution in [1.82, 2.24) is 9.62 Å². The Morgan fingerprint density at radius 1 is 1.45 bits per heavy atom. The molecule has 0 saturated heterocycles. The molecule has 20 heavy (non-hydrogen) atoms. The van der Waals surface area contributed by atoms with Crippen molar-refractivity contribution in [2.24, 2.45) is 0 Å². The SMILES string of the molecule is C=CCN(CC)S(=O)(=O)c1cc(CNC)cc(Br)c1C. The van der Waals surface area contributed by atoms with E-state index in [4.69, 9.17) is 0 Å². The van der Waals surface area contributed by atoms with E-state index in [9.17, 15) is 8.42 Å². The zero-order valence-corrected chi connectivity index (χ0v) is 14.5. The van der Waals surface area contributed by atoms with Gasteiger partial charge >= 0.3 is 0 Å². The standard InChI is InChI=1S/C14H21BrN2O2S/c1-5-7-17(6-2)20(18,19)14-9-12(10-16-4)8-13(15)11(14)3/h5,8-9,16H,1,6-7,10H2,2-4H3. The number of hydrogen-bond donors (Lipinski definition) is 1. The Kier molecular flexibility index (Phi) is 6.39. The van der Waals surface area contributed by atoms with Crippen molar-refractivity contribution < 1.29 is 8.42 Å². The van der Waals surface area contributed by atoms with Crippen LogP contribution in [0.4, 0.5) is 0 Å². The largest absolute Gasteiger partial charge is 0.316 e. The van der Waals surface area contributed by atoms with Crippen molar-refractivity contribution in [3.05, 3.63) is 40.4 Å². The zero-order valence-electron chi connectivity index (χ0n) is 12.1. The lowest BCUT2D eigenvalue weighted by molar-refractivity contribution is 0.459. The maximum Gasteiger partial charge on any atom is 0.243 e. The Morgan fingerprint density at radius 2 is 2.10 bits per heavy atom. The van der Waals surface area contributed by atoms with Crippen molar-refractivity contribution in [3.63, 3.8) is 0 Å². The van der Waals surface area contributed by atoms with Crippen molar-refractivity contribution in [2.45, 2.75) is 25.3 Å². The van der Waals surface area contributed by atoms with E-state index in [2.05, 4.69) is 27.8 Å². The van der Waals surface area contributed by atoms with E-state index in [0.717, 1.165) is 15.6 Å². The molecule has 0 heterocycles. The number of sulfonamides is 1. The molecule has 0 spiro atoms. The summed E-state index contributed by atoms with van der Waals surface area (Å²) >= 11 is 3.44. The molecule has 0 radical (unpaired) electrons. The predicted molar refractivity (Wildman–Crippen MR) is 86.3 cm³/mol. The van der Waals surface area contributed by atoms with E-state index >= 15 is 0 Å². The van der Waals surface area contributed by atoms with Crippen LogP contribution in [0.3, 0.4) is 0 Å². The van der Waals surface area contributed by atoms with E-state index < -0.39 is 10.0 Å². The summed E-state index contributed by atoms with van der Waals surface area (Å²) in [4.78, 5) is 0.348. The molecule has 0 amide bonds. The van der Waals surface area contributed by atoms with Gasteiger partial charge in [-0.1, -0.05) is 28.9 Å². The third kappa shape index (κ3) is 3.69. The summed E-state index contributed by atoms with van der Waals surface area (Å²) in [6.45, 7) is 8.60. The number of nitrogens with one attached hydrogen (secondary N) is 1. The van der Waals surface area contributed by atoms with E-state index in [-0.39, 0.29) is 0 Å². The van der Waals surface area contributed by atoms with Crippen molar-refractivity contribution in [1.29, 1.82) is 0 Å². The highest BCUT2D eigenvalue weighted by Gasteiger charge is 2.25. The molecular formula is C14H21BrN2O2S. The third-order valence-electron chi connectivity index (χ3n) is 3.04. The Hall–Kier alpha value is -0.690. The Morgan fingerprint density at radius 3 is 2.60 bits per heavy atom. The second-order valence-electron chi connectivity index (χ2n) is 4.48. The van der Waals surface area contributed by atoms with Crippen LogP contribution >= 0.6 is 15.9 Å². The Balaban J connectivity index is 3.39. The van der Waals surface area contributed by atoms with Crippen molar-refractivity contribution in [3.8, 4) is 0 Å². The van der Waals surface area contributed by atoms with Gasteiger partial charge in [0, 0.05) is 24.1 Å². The molecule has 6 heteroatoms. The molecule has 0 aliphatic carbocycles. The van der Waals surface area contributed by atoms with Gasteiger partial charge in [0.1, 0.15) is 0 Å². The lowest BCUT2D eigenvalue weighted by Gasteiger charge is -2.21. The monoisotopic (exact) mass is 360 g/mol. The van der Waals surface area contributed by atoms with Crippen LogP contribution in [-0.2, 0) is 16.6 Å². The van der Waals surface area contributed by atoms with Gasteiger partial charge in [0.15, 0.2) is 0 Å². The van der Waals surface area contributed by atoms with Crippen molar-refractivity contribution in [2.75, 3.05) is 20.1 Å². The lowest BCUT2D eigenvalue weighted by Crippen LogP contribution is -2.31. The molecular weight excluding hydrogens is 340 g/mol. The van der Waals surface area contributed by atoms with Crippen LogP contribution in [0.1, 0.15) is 18.1 Å². The van der Waals surface area contributed by atoms with Crippen LogP contribution in [0, 0.1) is 6.92 Å². The first kappa shape index (κ1) is 17.4. The molecule has 0 bridgehead atoms. The fourth-order valence-electron chi connectivity index (χ4n) is 1.96. The van der Waals surface area contributed by atoms with Gasteiger partial charge < -0.3 is 5.32 Å². The minimum atomic E-state index is -3.50. The predicted octanol–water partition coefficient (Wildman–Crippen LogP) is 2.67. The van der Waals surface area contributed by atoms with E-state index in [1.54, 1.807) is 12.1 Å². The highest BCUT2D eigenvalue weighted by atomic mass is 79.9. The smallest absolute Gasteiger partial charge is 0.243 e. The second kappa shape index (κ2) is 7.36. The van der Waals surface area contributed by atoms with E-state index in [1.807, 2.05) is 27.0 Å². The minimum absolute atomic E-state index is 0.312. The highest BCUT2D eigenvalue weighted by molar-refractivity contribution is 9.10. The number of likely N-dealkylation sites (N-methyl/N-ethyl adjacent to an activating group) is 1. The summed E-state index contributed by atoms with van der Waals surface area (Å²) in [6, 6.07) is 3.67. The van der Waals surface area contributed by atoms with Crippen LogP contribution in [0.15, 0.2) is 34.2 Å². The van der Waals surface area contributed by atoms with Crippen molar-refractivity contribution >= 4 is 26.0 Å². The van der Waals surface area contributed by atoms with Gasteiger partial charge in [0.2, 0.25) is 10.0 Å². The van der Waals surface area contributed by atoms with E-state index in [0.29, 0.717) is 24.5 Å². The molecule has 0 saturated carbocycles. The van der Waals surface area contributed by atoms with Crippen LogP contribution in [0.2, 0.25) is 0 Å². The van der Waals surface area contributed by atoms with Gasteiger partial charge in [-0.25, -0.2) is 8.42 Å². The quantitative estimate of drug-likeness (QED) is 0.760. The molecule has 0 aromatic heterocycles. The molecule has 0 aliphatic heterocycles. The fraction of sp³-hybridized carbons (Fsp3) is 0.429. The topological polar surface area (TPSA) is 49.4 Å². The van der Waals surface area contributed by atoms with Gasteiger partial charge in [-0.3, -0.25) is 0 Å². The van der Waals surface area contributed by atoms with Crippen LogP contribution in [0.25, 0.3) is 0 Å². The molecule has 112 valence electrons. The average molecular weight is 361 g/mol. The summed E-state index contributed by atoms with van der Waals surface area (Å²) in [7, 11) is -1.67. The number of halogens is 1. The summed E-state index contributed by atoms with van der Waals surface area (Å²) in [5, 5.41) is 3.03. The molecule has 1 N–H and O–H groups in total. The van der Waals surface area contributed by atoms with Crippen LogP contribution in [-0.4, -0.2) is 32.9 Å². The molecule has 1 aromatic rings. The molecule has 4 nitrogen and oxygen atoms in total. The van der Waals surface area contributed by atoms with Gasteiger partial charge in [0.05, 0.1) is 4.90 Å². The first-order chi connectivity index (χ1) is 9.38. The van der Waals surface area contributed by atoms with E-state index in [1.165, 1.54) is 4.31 Å². The van der Waals surface area contributed by atoms with Gasteiger partial charge in [0.25, 0.3) is 0 Å². The maximum atomic E-state index is 12.7. The molecule has 0 atom stereocenters. The fourth-order valence-corrected chi connectivity index (χ4v) is 4.32. The Labute approximate surface area is 130 Å². The first-order valence-electron chi connectivity index (χ1n) is 6.43. The highest BCUT2D eigenvalue weighted by Crippen LogP contribution is 2.28. The average Bonchev–Trinajstić information content (AvgIpc) is 2.39. The molecule has 0 fully saturated rings. The minimum Gasteiger partial charge on any atom is -0.316 e. The maximum absolute atomic E-state index is 12.7. The molecule has 1 aromatic carbocycles. The second-order valence-corrected chi connectivity index (χ2v) is 7.24. The van der Waals surface area contributed by atoms with Crippen LogP contribution < -0.4 is 5.32 Å². The van der Waals surface area contributed by atoms with Crippen LogP contribution in [0.5, 0.6) is 0 Å². The Bertz CT molecular complexity index is 585. The summed E-state index contributed by atoms with van der Waals surface area (Å²) in [5.41, 5.74) is 1.66. The number of hydrogen-bond acceptors (Lipinski definition) is 3. The van der Waals surface area contributed by atoms with Gasteiger partial charge in [-0.05, 0) is 37.2 Å². The number of benzene rings is 1. The normalized spacial score (nSPS) is 11.8. The summed E-state index contributed by atoms with van der Waals surface area (Å²) in [5.74, 6) is 0. The van der Waals surface area contributed by atoms with Gasteiger partial charge in [-0.2, -0.15) is 4.31 Å². The zero-order chi connectivity index (χ0) is 15.3. The lowest BCUT2D eigenvalue weighted by atomic mass is 10.1. The first-order valence-corrected chi connectivity index (χ1v) is 8.66. The van der Waals surface area contributed by atoms with Gasteiger partial charge in [-0.15, -0.1) is 6.58 Å². The third-order valence-corrected chi connectivity index (χ3v) is 5.93. The molecule has 0 aliphatic rings. The molecule has 1 rings (SSSR count). The summed E-state index contributed by atoms with van der Waals surface area (Å²) in [6.07, 6.45) is 1.60. The number of nitrogens with zero attached hydrogens (tertiary/aromatic N) is 1. The molecule has 0 unspecified atom stereocenters. The summed E-state index contributed by atoms with van der Waals surface area (Å²) < 4.78 is 27.7.